The summed E-state index contributed by atoms with van der Waals surface area (Å²) in [6.45, 7) is 3.61. The van der Waals surface area contributed by atoms with Crippen LogP contribution in [0.4, 0.5) is 17.2 Å². The second kappa shape index (κ2) is 9.06. The Hall–Kier alpha value is -4.24. The largest absolute Gasteiger partial charge is 0.340 e. The van der Waals surface area contributed by atoms with Crippen LogP contribution in [0, 0.1) is 18.8 Å². The topological polar surface area (TPSA) is 79.8 Å². The summed E-state index contributed by atoms with van der Waals surface area (Å²) in [5.74, 6) is 5.37. The number of rotatable bonds is 5. The van der Waals surface area contributed by atoms with Gasteiger partial charge < -0.3 is 10.6 Å². The number of carbonyl (C=O) groups is 1. The van der Waals surface area contributed by atoms with Gasteiger partial charge in [-0.1, -0.05) is 24.1 Å². The van der Waals surface area contributed by atoms with Gasteiger partial charge in [-0.15, -0.1) is 0 Å². The molecule has 152 valence electrons. The van der Waals surface area contributed by atoms with E-state index in [0.29, 0.717) is 11.5 Å². The van der Waals surface area contributed by atoms with Gasteiger partial charge in [0.15, 0.2) is 0 Å². The zero-order chi connectivity index (χ0) is 21.6. The van der Waals surface area contributed by atoms with E-state index in [9.17, 15) is 4.79 Å². The van der Waals surface area contributed by atoms with Gasteiger partial charge in [-0.25, -0.2) is 9.97 Å². The Kier molecular flexibility index (Phi) is 5.86. The van der Waals surface area contributed by atoms with Gasteiger partial charge in [-0.2, -0.15) is 0 Å². The van der Waals surface area contributed by atoms with Crippen LogP contribution >= 0.6 is 0 Å². The molecule has 0 saturated carbocycles. The van der Waals surface area contributed by atoms with Gasteiger partial charge in [0.05, 0.1) is 5.52 Å². The molecular formula is C25H21N5O. The van der Waals surface area contributed by atoms with Gasteiger partial charge in [0.2, 0.25) is 0 Å². The average Bonchev–Trinajstić information content (AvgIpc) is 2.77. The molecule has 0 spiro atoms. The lowest BCUT2D eigenvalue weighted by molar-refractivity contribution is -0.111. The Morgan fingerprint density at radius 3 is 2.45 bits per heavy atom. The van der Waals surface area contributed by atoms with Gasteiger partial charge in [-0.3, -0.25) is 9.78 Å². The Bertz CT molecular complexity index is 1290. The standard InChI is InChI=1S/C25H21N5O/c1-3-4-24(31)29-21-11-12-23-22(14-21)25(28-16-27-23)30-20-9-7-18(8-10-20)13-19-6-5-17(2)26-15-19/h5-12,14-16H,13H2,1-2H3,(H,29,31)(H,27,28,30). The molecule has 0 aliphatic heterocycles. The summed E-state index contributed by atoms with van der Waals surface area (Å²) >= 11 is 0. The summed E-state index contributed by atoms with van der Waals surface area (Å²) < 4.78 is 0. The van der Waals surface area contributed by atoms with Crippen molar-refractivity contribution in [2.45, 2.75) is 20.3 Å². The highest BCUT2D eigenvalue weighted by molar-refractivity contribution is 6.05. The van der Waals surface area contributed by atoms with E-state index in [1.807, 2.05) is 43.5 Å². The molecule has 2 aromatic heterocycles. The lowest BCUT2D eigenvalue weighted by atomic mass is 10.1. The maximum atomic E-state index is 11.8. The zero-order valence-corrected chi connectivity index (χ0v) is 17.3. The molecule has 0 radical (unpaired) electrons. The highest BCUT2D eigenvalue weighted by Gasteiger charge is 2.07. The first-order chi connectivity index (χ1) is 15.1. The van der Waals surface area contributed by atoms with Crippen molar-refractivity contribution in [2.24, 2.45) is 0 Å². The number of pyridine rings is 1. The first-order valence-electron chi connectivity index (χ1n) is 9.87. The van der Waals surface area contributed by atoms with Crippen LogP contribution in [0.15, 0.2) is 67.1 Å². The highest BCUT2D eigenvalue weighted by Crippen LogP contribution is 2.26. The van der Waals surface area contributed by atoms with E-state index in [0.717, 1.165) is 28.7 Å². The predicted octanol–water partition coefficient (Wildman–Crippen LogP) is 4.63. The van der Waals surface area contributed by atoms with Crippen molar-refractivity contribution in [3.05, 3.63) is 83.9 Å². The fourth-order valence-electron chi connectivity index (χ4n) is 3.19. The first-order valence-corrected chi connectivity index (χ1v) is 9.87. The molecular weight excluding hydrogens is 386 g/mol. The summed E-state index contributed by atoms with van der Waals surface area (Å²) in [5, 5.41) is 6.91. The van der Waals surface area contributed by atoms with Crippen molar-refractivity contribution in [3.63, 3.8) is 0 Å². The number of carbonyl (C=O) groups excluding carboxylic acids is 1. The smallest absolute Gasteiger partial charge is 0.300 e. The van der Waals surface area contributed by atoms with Gasteiger partial charge >= 0.3 is 0 Å². The van der Waals surface area contributed by atoms with E-state index in [2.05, 4.69) is 55.6 Å². The maximum Gasteiger partial charge on any atom is 0.300 e. The van der Waals surface area contributed by atoms with Gasteiger partial charge in [-0.05, 0) is 73.7 Å². The molecule has 0 aliphatic rings. The summed E-state index contributed by atoms with van der Waals surface area (Å²) in [5.41, 5.74) is 5.72. The molecule has 2 N–H and O–H groups in total. The van der Waals surface area contributed by atoms with Crippen LogP contribution in [-0.4, -0.2) is 20.9 Å². The number of nitrogens with zero attached hydrogens (tertiary/aromatic N) is 3. The molecule has 1 amide bonds. The number of nitrogens with one attached hydrogen (secondary N) is 2. The molecule has 4 rings (SSSR count). The SMILES string of the molecule is CC#CC(=O)Nc1ccc2ncnc(Nc3ccc(Cc4ccc(C)nc4)cc3)c2c1. The van der Waals surface area contributed by atoms with Crippen LogP contribution in [-0.2, 0) is 11.2 Å². The molecule has 6 heteroatoms. The second-order valence-electron chi connectivity index (χ2n) is 7.09. The Morgan fingerprint density at radius 2 is 1.71 bits per heavy atom. The molecule has 0 fully saturated rings. The zero-order valence-electron chi connectivity index (χ0n) is 17.3. The number of aryl methyl sites for hydroxylation is 1. The lowest BCUT2D eigenvalue weighted by Crippen LogP contribution is -2.08. The van der Waals surface area contributed by atoms with Crippen molar-refractivity contribution < 1.29 is 4.79 Å². The molecule has 0 bridgehead atoms. The summed E-state index contributed by atoms with van der Waals surface area (Å²) in [6, 6.07) is 17.8. The van der Waals surface area contributed by atoms with Crippen LogP contribution in [0.2, 0.25) is 0 Å². The average molecular weight is 407 g/mol. The summed E-state index contributed by atoms with van der Waals surface area (Å²) in [7, 11) is 0. The predicted molar refractivity (Wildman–Crippen MR) is 123 cm³/mol. The molecule has 0 unspecified atom stereocenters. The van der Waals surface area contributed by atoms with E-state index in [4.69, 9.17) is 0 Å². The van der Waals surface area contributed by atoms with Crippen LogP contribution in [0.1, 0.15) is 23.7 Å². The number of benzene rings is 2. The molecule has 6 nitrogen and oxygen atoms in total. The van der Waals surface area contributed by atoms with E-state index in [-0.39, 0.29) is 5.91 Å². The molecule has 0 atom stereocenters. The molecule has 2 heterocycles. The van der Waals surface area contributed by atoms with Crippen LogP contribution in [0.25, 0.3) is 10.9 Å². The first kappa shape index (κ1) is 20.0. The Morgan fingerprint density at radius 1 is 0.935 bits per heavy atom. The summed E-state index contributed by atoms with van der Waals surface area (Å²) in [4.78, 5) is 24.8. The number of anilines is 3. The fraction of sp³-hybridized carbons (Fsp3) is 0.120. The minimum Gasteiger partial charge on any atom is -0.340 e. The van der Waals surface area contributed by atoms with Crippen LogP contribution in [0.5, 0.6) is 0 Å². The van der Waals surface area contributed by atoms with E-state index in [1.165, 1.54) is 17.5 Å². The Balaban J connectivity index is 1.53. The normalized spacial score (nSPS) is 10.3. The third-order valence-electron chi connectivity index (χ3n) is 4.73. The number of hydrogen-bond acceptors (Lipinski definition) is 5. The second-order valence-corrected chi connectivity index (χ2v) is 7.09. The van der Waals surface area contributed by atoms with Crippen molar-refractivity contribution in [2.75, 3.05) is 10.6 Å². The van der Waals surface area contributed by atoms with E-state index < -0.39 is 0 Å². The van der Waals surface area contributed by atoms with Crippen molar-refractivity contribution in [3.8, 4) is 11.8 Å². The Labute approximate surface area is 180 Å². The molecule has 2 aromatic carbocycles. The van der Waals surface area contributed by atoms with Gasteiger partial charge in [0.1, 0.15) is 12.1 Å². The third-order valence-corrected chi connectivity index (χ3v) is 4.73. The molecule has 4 aromatic rings. The number of amides is 1. The van der Waals surface area contributed by atoms with E-state index in [1.54, 1.807) is 13.0 Å². The van der Waals surface area contributed by atoms with Gasteiger partial charge in [0, 0.05) is 28.7 Å². The molecule has 0 saturated heterocycles. The van der Waals surface area contributed by atoms with E-state index >= 15 is 0 Å². The molecule has 31 heavy (non-hydrogen) atoms. The number of aromatic nitrogens is 3. The van der Waals surface area contributed by atoms with Crippen LogP contribution < -0.4 is 10.6 Å². The quantitative estimate of drug-likeness (QED) is 0.472. The third kappa shape index (κ3) is 5.03. The minimum absolute atomic E-state index is 0.354. The van der Waals surface area contributed by atoms with Crippen molar-refractivity contribution >= 4 is 34.0 Å². The van der Waals surface area contributed by atoms with Crippen LogP contribution in [0.3, 0.4) is 0 Å². The maximum absolute atomic E-state index is 11.8. The number of fused-ring (bicyclic) bond motifs is 1. The monoisotopic (exact) mass is 407 g/mol. The molecule has 0 aliphatic carbocycles. The van der Waals surface area contributed by atoms with Gasteiger partial charge in [0.25, 0.3) is 5.91 Å². The van der Waals surface area contributed by atoms with Crippen molar-refractivity contribution in [1.82, 2.24) is 15.0 Å². The fourth-order valence-corrected chi connectivity index (χ4v) is 3.19. The highest BCUT2D eigenvalue weighted by atomic mass is 16.1. The lowest BCUT2D eigenvalue weighted by Gasteiger charge is -2.10. The number of hydrogen-bond donors (Lipinski definition) is 2. The summed E-state index contributed by atoms with van der Waals surface area (Å²) in [6.07, 6.45) is 4.26. The minimum atomic E-state index is -0.354. The van der Waals surface area contributed by atoms with Crippen molar-refractivity contribution in [1.29, 1.82) is 0 Å².